The van der Waals surface area contributed by atoms with Gasteiger partial charge in [0.15, 0.2) is 5.78 Å². The number of carbonyl (C=O) groups is 1. The van der Waals surface area contributed by atoms with E-state index in [-0.39, 0.29) is 23.7 Å². The van der Waals surface area contributed by atoms with E-state index in [2.05, 4.69) is 0 Å². The Hall–Kier alpha value is -0.0800. The molecular weight excluding hydrogens is 152 g/mol. The van der Waals surface area contributed by atoms with Crippen molar-refractivity contribution in [2.45, 2.75) is 24.6 Å². The molecule has 1 fully saturated rings. The maximum Gasteiger partial charge on any atom is 0.150 e. The van der Waals surface area contributed by atoms with Crippen LogP contribution in [0.1, 0.15) is 19.3 Å². The number of aliphatic hydroxyl groups is 1. The lowest BCUT2D eigenvalue weighted by molar-refractivity contribution is -0.120. The van der Waals surface area contributed by atoms with Crippen LogP contribution >= 0.6 is 11.6 Å². The van der Waals surface area contributed by atoms with Crippen molar-refractivity contribution in [1.82, 2.24) is 0 Å². The first-order valence-electron chi connectivity index (χ1n) is 3.51. The average Bonchev–Trinajstić information content (AvgIpc) is 1.95. The molecule has 2 atom stereocenters. The zero-order valence-corrected chi connectivity index (χ0v) is 6.47. The van der Waals surface area contributed by atoms with Crippen molar-refractivity contribution >= 4 is 17.4 Å². The second kappa shape index (κ2) is 3.35. The maximum atomic E-state index is 10.8. The van der Waals surface area contributed by atoms with E-state index in [0.717, 1.165) is 6.42 Å². The van der Waals surface area contributed by atoms with Gasteiger partial charge >= 0.3 is 0 Å². The molecule has 0 saturated heterocycles. The first-order valence-corrected chi connectivity index (χ1v) is 3.95. The van der Waals surface area contributed by atoms with Gasteiger partial charge in [-0.25, -0.2) is 0 Å². The standard InChI is InChI=1S/C7H11ClO2/c8-6-3-5(4-9)1-2-7(6)10/h5-6,9H,1-4H2. The molecule has 0 aromatic carbocycles. The van der Waals surface area contributed by atoms with E-state index in [1.165, 1.54) is 0 Å². The Labute approximate surface area is 65.2 Å². The van der Waals surface area contributed by atoms with E-state index >= 15 is 0 Å². The van der Waals surface area contributed by atoms with Crippen LogP contribution in [0.25, 0.3) is 0 Å². The number of alkyl halides is 1. The van der Waals surface area contributed by atoms with Crippen LogP contribution in [-0.4, -0.2) is 22.9 Å². The van der Waals surface area contributed by atoms with Crippen LogP contribution in [0.15, 0.2) is 0 Å². The molecule has 1 aliphatic rings. The average molecular weight is 163 g/mol. The number of ketones is 1. The summed E-state index contributed by atoms with van der Waals surface area (Å²) in [6.07, 6.45) is 1.99. The fourth-order valence-corrected chi connectivity index (χ4v) is 1.57. The van der Waals surface area contributed by atoms with Gasteiger partial charge in [0.1, 0.15) is 0 Å². The molecule has 2 nitrogen and oxygen atoms in total. The van der Waals surface area contributed by atoms with Crippen molar-refractivity contribution in [2.75, 3.05) is 6.61 Å². The Morgan fingerprint density at radius 1 is 1.70 bits per heavy atom. The summed E-state index contributed by atoms with van der Waals surface area (Å²) >= 11 is 5.68. The molecule has 1 saturated carbocycles. The van der Waals surface area contributed by atoms with Crippen molar-refractivity contribution in [1.29, 1.82) is 0 Å². The van der Waals surface area contributed by atoms with Gasteiger partial charge in [0.2, 0.25) is 0 Å². The Morgan fingerprint density at radius 3 is 2.90 bits per heavy atom. The molecule has 0 aliphatic heterocycles. The molecule has 3 heteroatoms. The van der Waals surface area contributed by atoms with E-state index in [0.29, 0.717) is 12.8 Å². The number of hydrogen-bond donors (Lipinski definition) is 1. The first kappa shape index (κ1) is 8.02. The van der Waals surface area contributed by atoms with Crippen LogP contribution in [0.5, 0.6) is 0 Å². The molecular formula is C7H11ClO2. The topological polar surface area (TPSA) is 37.3 Å². The molecule has 10 heavy (non-hydrogen) atoms. The van der Waals surface area contributed by atoms with Gasteiger partial charge in [-0.3, -0.25) is 4.79 Å². The summed E-state index contributed by atoms with van der Waals surface area (Å²) in [4.78, 5) is 10.8. The number of aliphatic hydroxyl groups excluding tert-OH is 1. The predicted molar refractivity (Wildman–Crippen MR) is 39.1 cm³/mol. The van der Waals surface area contributed by atoms with Gasteiger partial charge in [0.25, 0.3) is 0 Å². The van der Waals surface area contributed by atoms with E-state index < -0.39 is 0 Å². The first-order chi connectivity index (χ1) is 4.74. The monoisotopic (exact) mass is 162 g/mol. The van der Waals surface area contributed by atoms with Gasteiger partial charge < -0.3 is 5.11 Å². The smallest absolute Gasteiger partial charge is 0.150 e. The van der Waals surface area contributed by atoms with E-state index in [1.807, 2.05) is 0 Å². The molecule has 0 aromatic heterocycles. The quantitative estimate of drug-likeness (QED) is 0.583. The van der Waals surface area contributed by atoms with Crippen molar-refractivity contribution in [3.63, 3.8) is 0 Å². The molecule has 0 heterocycles. The summed E-state index contributed by atoms with van der Waals surface area (Å²) in [5.74, 6) is 0.381. The molecule has 1 N–H and O–H groups in total. The summed E-state index contributed by atoms with van der Waals surface area (Å²) in [7, 11) is 0. The fraction of sp³-hybridized carbons (Fsp3) is 0.857. The van der Waals surface area contributed by atoms with E-state index in [9.17, 15) is 4.79 Å². The molecule has 0 spiro atoms. The van der Waals surface area contributed by atoms with Crippen LogP contribution in [0.2, 0.25) is 0 Å². The minimum Gasteiger partial charge on any atom is -0.396 e. The van der Waals surface area contributed by atoms with Crippen LogP contribution < -0.4 is 0 Å². The predicted octanol–water partition coefficient (Wildman–Crippen LogP) is 0.955. The molecule has 2 unspecified atom stereocenters. The Morgan fingerprint density at radius 2 is 2.40 bits per heavy atom. The minimum absolute atomic E-state index is 0.131. The number of hydrogen-bond acceptors (Lipinski definition) is 2. The van der Waals surface area contributed by atoms with Crippen LogP contribution in [-0.2, 0) is 4.79 Å². The second-order valence-corrected chi connectivity index (χ2v) is 3.28. The number of Topliss-reactive ketones (excluding diaryl/α,β-unsaturated/α-hetero) is 1. The summed E-state index contributed by atoms with van der Waals surface area (Å²) in [5, 5.41) is 8.38. The Kier molecular flexibility index (Phi) is 2.69. The SMILES string of the molecule is O=C1CCC(CO)CC1Cl. The second-order valence-electron chi connectivity index (χ2n) is 2.76. The van der Waals surface area contributed by atoms with Crippen molar-refractivity contribution < 1.29 is 9.90 Å². The summed E-state index contributed by atoms with van der Waals surface area (Å²) in [5.41, 5.74) is 0. The lowest BCUT2D eigenvalue weighted by Crippen LogP contribution is -2.26. The van der Waals surface area contributed by atoms with Crippen LogP contribution in [0.3, 0.4) is 0 Å². The van der Waals surface area contributed by atoms with Gasteiger partial charge in [-0.2, -0.15) is 0 Å². The number of carbonyl (C=O) groups excluding carboxylic acids is 1. The molecule has 0 aromatic rings. The van der Waals surface area contributed by atoms with Gasteiger partial charge in [0.05, 0.1) is 5.38 Å². The summed E-state index contributed by atoms with van der Waals surface area (Å²) in [6.45, 7) is 0.163. The molecule has 1 aliphatic carbocycles. The Balaban J connectivity index is 2.40. The van der Waals surface area contributed by atoms with E-state index in [4.69, 9.17) is 16.7 Å². The molecule has 1 rings (SSSR count). The molecule has 0 amide bonds. The third kappa shape index (κ3) is 1.70. The molecule has 0 radical (unpaired) electrons. The number of rotatable bonds is 1. The third-order valence-electron chi connectivity index (χ3n) is 1.95. The number of halogens is 1. The zero-order chi connectivity index (χ0) is 7.56. The van der Waals surface area contributed by atoms with Crippen LogP contribution in [0.4, 0.5) is 0 Å². The fourth-order valence-electron chi connectivity index (χ4n) is 1.21. The normalized spacial score (nSPS) is 34.4. The zero-order valence-electron chi connectivity index (χ0n) is 5.72. The largest absolute Gasteiger partial charge is 0.396 e. The maximum absolute atomic E-state index is 10.8. The highest BCUT2D eigenvalue weighted by Crippen LogP contribution is 2.24. The molecule has 58 valence electrons. The summed E-state index contributed by atoms with van der Waals surface area (Å²) < 4.78 is 0. The molecule has 0 bridgehead atoms. The van der Waals surface area contributed by atoms with Gasteiger partial charge in [-0.1, -0.05) is 0 Å². The summed E-state index contributed by atoms with van der Waals surface area (Å²) in [6, 6.07) is 0. The lowest BCUT2D eigenvalue weighted by atomic mass is 9.89. The highest BCUT2D eigenvalue weighted by molar-refractivity contribution is 6.31. The van der Waals surface area contributed by atoms with Crippen molar-refractivity contribution in [3.05, 3.63) is 0 Å². The highest BCUT2D eigenvalue weighted by atomic mass is 35.5. The van der Waals surface area contributed by atoms with Crippen molar-refractivity contribution in [2.24, 2.45) is 5.92 Å². The van der Waals surface area contributed by atoms with Crippen LogP contribution in [0, 0.1) is 5.92 Å². The van der Waals surface area contributed by atoms with Gasteiger partial charge in [0, 0.05) is 13.0 Å². The lowest BCUT2D eigenvalue weighted by Gasteiger charge is -2.22. The van der Waals surface area contributed by atoms with Gasteiger partial charge in [-0.15, -0.1) is 11.6 Å². The Bertz CT molecular complexity index is 136. The van der Waals surface area contributed by atoms with Gasteiger partial charge in [-0.05, 0) is 18.8 Å². The van der Waals surface area contributed by atoms with Crippen molar-refractivity contribution in [3.8, 4) is 0 Å². The highest BCUT2D eigenvalue weighted by Gasteiger charge is 2.25. The third-order valence-corrected chi connectivity index (χ3v) is 2.37. The van der Waals surface area contributed by atoms with E-state index in [1.54, 1.807) is 0 Å². The minimum atomic E-state index is -0.342.